The van der Waals surface area contributed by atoms with Crippen molar-refractivity contribution in [2.45, 2.75) is 71.1 Å². The number of carboxylic acid groups (broad SMARTS) is 1. The minimum Gasteiger partial charge on any atom is -0.478 e. The summed E-state index contributed by atoms with van der Waals surface area (Å²) >= 11 is 0. The zero-order valence-corrected chi connectivity index (χ0v) is 14.0. The Kier molecular flexibility index (Phi) is 16.2. The number of hydrogen-bond donors (Lipinski definition) is 1. The third kappa shape index (κ3) is 18.4. The van der Waals surface area contributed by atoms with Gasteiger partial charge < -0.3 is 5.11 Å². The molecule has 0 fully saturated rings. The Bertz CT molecular complexity index is 362. The maximum absolute atomic E-state index is 10.3. The van der Waals surface area contributed by atoms with Gasteiger partial charge in [-0.2, -0.15) is 0 Å². The van der Waals surface area contributed by atoms with Crippen molar-refractivity contribution in [3.05, 3.63) is 48.6 Å². The molecule has 0 bridgehead atoms. The van der Waals surface area contributed by atoms with Gasteiger partial charge in [0.25, 0.3) is 0 Å². The Labute approximate surface area is 136 Å². The molecule has 1 N–H and O–H groups in total. The maximum Gasteiger partial charge on any atom is 0.327 e. The molecule has 2 nitrogen and oxygen atoms in total. The van der Waals surface area contributed by atoms with Crippen LogP contribution in [0.2, 0.25) is 0 Å². The van der Waals surface area contributed by atoms with Gasteiger partial charge in [0.2, 0.25) is 0 Å². The lowest BCUT2D eigenvalue weighted by Gasteiger charge is -1.92. The highest BCUT2D eigenvalue weighted by atomic mass is 16.4. The van der Waals surface area contributed by atoms with Gasteiger partial charge in [0, 0.05) is 6.08 Å². The van der Waals surface area contributed by atoms with Gasteiger partial charge in [-0.25, -0.2) is 4.79 Å². The normalized spacial score (nSPS) is 12.4. The topological polar surface area (TPSA) is 37.3 Å². The van der Waals surface area contributed by atoms with E-state index in [0.29, 0.717) is 0 Å². The predicted molar refractivity (Wildman–Crippen MR) is 96.0 cm³/mol. The molecule has 0 amide bonds. The van der Waals surface area contributed by atoms with Gasteiger partial charge in [-0.15, -0.1) is 0 Å². The molecule has 0 aromatic heterocycles. The quantitative estimate of drug-likeness (QED) is 0.235. The van der Waals surface area contributed by atoms with Crippen molar-refractivity contribution in [3.8, 4) is 0 Å². The van der Waals surface area contributed by atoms with Gasteiger partial charge >= 0.3 is 5.97 Å². The molecule has 0 saturated heterocycles. The fraction of sp³-hybridized carbons (Fsp3) is 0.550. The zero-order chi connectivity index (χ0) is 16.3. The van der Waals surface area contributed by atoms with Gasteiger partial charge in [-0.05, 0) is 51.4 Å². The molecular formula is C20H32O2. The Morgan fingerprint density at radius 1 is 0.727 bits per heavy atom. The lowest BCUT2D eigenvalue weighted by atomic mass is 10.1. The summed E-state index contributed by atoms with van der Waals surface area (Å²) in [4.78, 5) is 10.3. The fourth-order valence-electron chi connectivity index (χ4n) is 2.00. The lowest BCUT2D eigenvalue weighted by molar-refractivity contribution is -0.131. The van der Waals surface area contributed by atoms with E-state index >= 15 is 0 Å². The molecule has 0 aliphatic carbocycles. The van der Waals surface area contributed by atoms with Gasteiger partial charge in [0.1, 0.15) is 0 Å². The minimum atomic E-state index is -0.859. The molecule has 0 aromatic rings. The van der Waals surface area contributed by atoms with Crippen molar-refractivity contribution in [3.63, 3.8) is 0 Å². The summed E-state index contributed by atoms with van der Waals surface area (Å²) in [7, 11) is 0. The summed E-state index contributed by atoms with van der Waals surface area (Å²) in [6.45, 7) is 2.23. The Balaban J connectivity index is 3.35. The molecule has 0 aliphatic heterocycles. The van der Waals surface area contributed by atoms with Crippen LogP contribution < -0.4 is 0 Å². The van der Waals surface area contributed by atoms with E-state index in [1.165, 1.54) is 31.8 Å². The maximum atomic E-state index is 10.3. The van der Waals surface area contributed by atoms with Crippen LogP contribution in [0.25, 0.3) is 0 Å². The fourth-order valence-corrected chi connectivity index (χ4v) is 2.00. The first-order valence-corrected chi connectivity index (χ1v) is 8.61. The molecule has 0 aliphatic rings. The summed E-state index contributed by atoms with van der Waals surface area (Å²) < 4.78 is 0. The highest BCUT2D eigenvalue weighted by molar-refractivity contribution is 5.79. The van der Waals surface area contributed by atoms with E-state index in [1.54, 1.807) is 6.08 Å². The molecule has 0 spiro atoms. The number of carbonyl (C=O) groups is 1. The highest BCUT2D eigenvalue weighted by Crippen LogP contribution is 2.03. The van der Waals surface area contributed by atoms with Crippen LogP contribution in [0.1, 0.15) is 71.1 Å². The summed E-state index contributed by atoms with van der Waals surface area (Å²) in [6.07, 6.45) is 27.6. The van der Waals surface area contributed by atoms with Crippen molar-refractivity contribution >= 4 is 5.97 Å². The summed E-state index contributed by atoms with van der Waals surface area (Å²) in [5, 5.41) is 8.43. The van der Waals surface area contributed by atoms with Gasteiger partial charge in [-0.3, -0.25) is 0 Å². The molecule has 124 valence electrons. The van der Waals surface area contributed by atoms with E-state index in [2.05, 4.69) is 43.4 Å². The molecule has 22 heavy (non-hydrogen) atoms. The largest absolute Gasteiger partial charge is 0.478 e. The molecule has 0 radical (unpaired) electrons. The van der Waals surface area contributed by atoms with E-state index in [0.717, 1.165) is 38.5 Å². The first kappa shape index (κ1) is 20.4. The number of aliphatic carboxylic acids is 1. The molecule has 0 atom stereocenters. The lowest BCUT2D eigenvalue weighted by Crippen LogP contribution is -1.85. The zero-order valence-electron chi connectivity index (χ0n) is 14.0. The van der Waals surface area contributed by atoms with Crippen LogP contribution in [-0.4, -0.2) is 11.1 Å². The van der Waals surface area contributed by atoms with Crippen molar-refractivity contribution in [1.82, 2.24) is 0 Å². The van der Waals surface area contributed by atoms with E-state index in [9.17, 15) is 4.79 Å². The first-order valence-electron chi connectivity index (χ1n) is 8.61. The van der Waals surface area contributed by atoms with Crippen LogP contribution in [0.4, 0.5) is 0 Å². The Morgan fingerprint density at radius 3 is 1.68 bits per heavy atom. The summed E-state index contributed by atoms with van der Waals surface area (Å²) in [6, 6.07) is 0. The molecule has 0 aromatic carbocycles. The number of rotatable bonds is 14. The Hall–Kier alpha value is -1.57. The van der Waals surface area contributed by atoms with E-state index < -0.39 is 5.97 Å². The van der Waals surface area contributed by atoms with Crippen molar-refractivity contribution in [2.75, 3.05) is 0 Å². The number of hydrogen-bond acceptors (Lipinski definition) is 1. The van der Waals surface area contributed by atoms with E-state index in [4.69, 9.17) is 5.11 Å². The van der Waals surface area contributed by atoms with Gasteiger partial charge in [0.15, 0.2) is 0 Å². The van der Waals surface area contributed by atoms with E-state index in [-0.39, 0.29) is 0 Å². The smallest absolute Gasteiger partial charge is 0.327 e. The molecule has 2 heteroatoms. The number of unbranched alkanes of at least 4 members (excludes halogenated alkanes) is 6. The highest BCUT2D eigenvalue weighted by Gasteiger charge is 1.86. The first-order chi connectivity index (χ1) is 10.8. The predicted octanol–water partition coefficient (Wildman–Crippen LogP) is 6.22. The standard InChI is InChI=1S/C20H32O2/c1-2-3-4-5-6-7-8-9-10-11-12-13-14-15-16-17-18-19-20(21)22/h6-7,9-10,12-13,18-19H,2-5,8,11,14-17H2,1H3,(H,21,22)/b7-6-,10-9-,13-12-,19-18+. The molecule has 0 unspecified atom stereocenters. The molecule has 0 saturated carbocycles. The molecular weight excluding hydrogens is 272 g/mol. The second-order valence-electron chi connectivity index (χ2n) is 5.41. The minimum absolute atomic E-state index is 0.852. The van der Waals surface area contributed by atoms with Crippen molar-refractivity contribution < 1.29 is 9.90 Å². The van der Waals surface area contributed by atoms with Crippen molar-refractivity contribution in [1.29, 1.82) is 0 Å². The summed E-state index contributed by atoms with van der Waals surface area (Å²) in [5.41, 5.74) is 0. The SMILES string of the molecule is CCCCC/C=C\C/C=C\C/C=C\CCCC/C=C/C(=O)O. The Morgan fingerprint density at radius 2 is 1.18 bits per heavy atom. The van der Waals surface area contributed by atoms with Gasteiger partial charge in [0.05, 0.1) is 0 Å². The van der Waals surface area contributed by atoms with Crippen LogP contribution in [0.3, 0.4) is 0 Å². The molecule has 0 heterocycles. The second kappa shape index (κ2) is 17.5. The average molecular weight is 304 g/mol. The van der Waals surface area contributed by atoms with Crippen molar-refractivity contribution in [2.24, 2.45) is 0 Å². The van der Waals surface area contributed by atoms with Crippen LogP contribution in [-0.2, 0) is 4.79 Å². The van der Waals surface area contributed by atoms with Crippen LogP contribution in [0.5, 0.6) is 0 Å². The number of allylic oxidation sites excluding steroid dienone is 7. The second-order valence-corrected chi connectivity index (χ2v) is 5.41. The van der Waals surface area contributed by atoms with Gasteiger partial charge in [-0.1, -0.05) is 62.3 Å². The third-order valence-corrected chi connectivity index (χ3v) is 3.27. The number of carboxylic acids is 1. The average Bonchev–Trinajstić information content (AvgIpc) is 2.50. The monoisotopic (exact) mass is 304 g/mol. The summed E-state index contributed by atoms with van der Waals surface area (Å²) in [5.74, 6) is -0.859. The van der Waals surface area contributed by atoms with E-state index in [1.807, 2.05) is 0 Å². The van der Waals surface area contributed by atoms with Crippen LogP contribution >= 0.6 is 0 Å². The van der Waals surface area contributed by atoms with Crippen LogP contribution in [0, 0.1) is 0 Å². The molecule has 0 rings (SSSR count). The van der Waals surface area contributed by atoms with Crippen LogP contribution in [0.15, 0.2) is 48.6 Å². The third-order valence-electron chi connectivity index (χ3n) is 3.27.